The van der Waals surface area contributed by atoms with Crippen LogP contribution in [0.25, 0.3) is 0 Å². The maximum absolute atomic E-state index is 12.0. The third-order valence-corrected chi connectivity index (χ3v) is 5.97. The van der Waals surface area contributed by atoms with Gasteiger partial charge in [-0.05, 0) is 43.0 Å². The van der Waals surface area contributed by atoms with Gasteiger partial charge in [0, 0.05) is 23.2 Å². The van der Waals surface area contributed by atoms with Crippen LogP contribution in [0.5, 0.6) is 0 Å². The van der Waals surface area contributed by atoms with Gasteiger partial charge in [-0.1, -0.05) is 22.4 Å². The lowest BCUT2D eigenvalue weighted by Gasteiger charge is -2.14. The minimum atomic E-state index is -3.22. The average Bonchev–Trinajstić information content (AvgIpc) is 2.81. The van der Waals surface area contributed by atoms with Crippen molar-refractivity contribution >= 4 is 31.7 Å². The summed E-state index contributed by atoms with van der Waals surface area (Å²) < 4.78 is 22.7. The van der Waals surface area contributed by atoms with E-state index in [1.54, 1.807) is 12.1 Å². The van der Waals surface area contributed by atoms with Crippen LogP contribution in [0, 0.1) is 5.92 Å². The molecule has 4 nitrogen and oxygen atoms in total. The Balaban J connectivity index is 1.96. The highest BCUT2D eigenvalue weighted by atomic mass is 79.9. The molecule has 20 heavy (non-hydrogen) atoms. The Labute approximate surface area is 128 Å². The van der Waals surface area contributed by atoms with Crippen LogP contribution in [-0.2, 0) is 9.84 Å². The van der Waals surface area contributed by atoms with Gasteiger partial charge in [-0.3, -0.25) is 4.79 Å². The van der Waals surface area contributed by atoms with Crippen LogP contribution in [0.15, 0.2) is 29.2 Å². The summed E-state index contributed by atoms with van der Waals surface area (Å²) in [5.41, 5.74) is 0.488. The van der Waals surface area contributed by atoms with E-state index in [9.17, 15) is 13.2 Å². The summed E-state index contributed by atoms with van der Waals surface area (Å²) in [5, 5.41) is 2.91. The number of alkyl halides is 1. The molecule has 0 bridgehead atoms. The molecule has 2 unspecified atom stereocenters. The zero-order chi connectivity index (χ0) is 14.8. The molecule has 1 saturated carbocycles. The van der Waals surface area contributed by atoms with Crippen molar-refractivity contribution in [3.05, 3.63) is 29.8 Å². The van der Waals surface area contributed by atoms with Gasteiger partial charge in [-0.25, -0.2) is 8.42 Å². The van der Waals surface area contributed by atoms with Crippen LogP contribution in [0.2, 0.25) is 0 Å². The second-order valence-electron chi connectivity index (χ2n) is 5.21. The summed E-state index contributed by atoms with van der Waals surface area (Å²) in [6, 6.07) is 6.03. The summed E-state index contributed by atoms with van der Waals surface area (Å²) in [6.07, 6.45) is 4.63. The van der Waals surface area contributed by atoms with Gasteiger partial charge < -0.3 is 5.32 Å². The number of amides is 1. The predicted octanol–water partition coefficient (Wildman–Crippen LogP) is 2.38. The molecule has 1 aromatic rings. The minimum Gasteiger partial charge on any atom is -0.352 e. The first-order valence-corrected chi connectivity index (χ1v) is 9.41. The molecule has 1 aliphatic carbocycles. The van der Waals surface area contributed by atoms with E-state index in [0.717, 1.165) is 19.1 Å². The van der Waals surface area contributed by atoms with Crippen molar-refractivity contribution in [3.63, 3.8) is 0 Å². The van der Waals surface area contributed by atoms with Crippen molar-refractivity contribution in [3.8, 4) is 0 Å². The lowest BCUT2D eigenvalue weighted by Crippen LogP contribution is -2.30. The van der Waals surface area contributed by atoms with Crippen LogP contribution < -0.4 is 5.32 Å². The summed E-state index contributed by atoms with van der Waals surface area (Å²) >= 11 is 3.62. The van der Waals surface area contributed by atoms with E-state index in [1.807, 2.05) is 0 Å². The lowest BCUT2D eigenvalue weighted by molar-refractivity contribution is 0.0947. The molecule has 2 rings (SSSR count). The Bertz CT molecular complexity index is 583. The number of nitrogens with one attached hydrogen (secondary N) is 1. The molecule has 6 heteroatoms. The zero-order valence-electron chi connectivity index (χ0n) is 11.3. The summed E-state index contributed by atoms with van der Waals surface area (Å²) in [6.45, 7) is 0.655. The number of benzene rings is 1. The fraction of sp³-hybridized carbons (Fsp3) is 0.500. The number of carbonyl (C=O) groups excluding carboxylic acids is 1. The quantitative estimate of drug-likeness (QED) is 0.839. The van der Waals surface area contributed by atoms with Crippen LogP contribution in [0.4, 0.5) is 0 Å². The second kappa shape index (κ2) is 6.26. The van der Waals surface area contributed by atoms with Crippen molar-refractivity contribution < 1.29 is 13.2 Å². The van der Waals surface area contributed by atoms with Crippen LogP contribution >= 0.6 is 15.9 Å². The number of hydrogen-bond donors (Lipinski definition) is 1. The highest BCUT2D eigenvalue weighted by Crippen LogP contribution is 2.30. The van der Waals surface area contributed by atoms with Crippen molar-refractivity contribution in [2.75, 3.05) is 12.8 Å². The zero-order valence-corrected chi connectivity index (χ0v) is 13.7. The van der Waals surface area contributed by atoms with Crippen molar-refractivity contribution in [1.82, 2.24) is 5.32 Å². The number of hydrogen-bond acceptors (Lipinski definition) is 3. The maximum atomic E-state index is 12.0. The van der Waals surface area contributed by atoms with Gasteiger partial charge in [-0.15, -0.1) is 0 Å². The van der Waals surface area contributed by atoms with Gasteiger partial charge in [0.05, 0.1) is 4.90 Å². The van der Waals surface area contributed by atoms with Crippen molar-refractivity contribution in [1.29, 1.82) is 0 Å². The largest absolute Gasteiger partial charge is 0.352 e. The Morgan fingerprint density at radius 3 is 2.45 bits per heavy atom. The fourth-order valence-electron chi connectivity index (χ4n) is 2.40. The molecule has 1 fully saturated rings. The highest BCUT2D eigenvalue weighted by Gasteiger charge is 2.25. The Morgan fingerprint density at radius 1 is 1.30 bits per heavy atom. The molecule has 0 aliphatic heterocycles. The van der Waals surface area contributed by atoms with Gasteiger partial charge >= 0.3 is 0 Å². The Hall–Kier alpha value is -0.880. The lowest BCUT2D eigenvalue weighted by atomic mass is 10.1. The smallest absolute Gasteiger partial charge is 0.251 e. The molecule has 0 saturated heterocycles. The SMILES string of the molecule is CS(=O)(=O)c1ccc(C(=O)NCC2CCCC2Br)cc1. The summed E-state index contributed by atoms with van der Waals surface area (Å²) in [5.74, 6) is 0.325. The molecule has 1 aliphatic rings. The molecule has 0 spiro atoms. The molecule has 1 aromatic carbocycles. The van der Waals surface area contributed by atoms with E-state index in [-0.39, 0.29) is 10.8 Å². The molecule has 0 aromatic heterocycles. The third-order valence-electron chi connectivity index (χ3n) is 3.64. The van der Waals surface area contributed by atoms with Gasteiger partial charge in [-0.2, -0.15) is 0 Å². The Kier molecular flexibility index (Phi) is 4.86. The number of carbonyl (C=O) groups is 1. The van der Waals surface area contributed by atoms with Crippen LogP contribution in [0.3, 0.4) is 0 Å². The van der Waals surface area contributed by atoms with Crippen molar-refractivity contribution in [2.24, 2.45) is 5.92 Å². The van der Waals surface area contributed by atoms with E-state index in [2.05, 4.69) is 21.2 Å². The first-order chi connectivity index (χ1) is 9.38. The topological polar surface area (TPSA) is 63.2 Å². The van der Waals surface area contributed by atoms with Crippen LogP contribution in [0.1, 0.15) is 29.6 Å². The van der Waals surface area contributed by atoms with E-state index >= 15 is 0 Å². The van der Waals surface area contributed by atoms with Crippen molar-refractivity contribution in [2.45, 2.75) is 29.0 Å². The fourth-order valence-corrected chi connectivity index (χ4v) is 3.81. The number of halogens is 1. The average molecular weight is 360 g/mol. The molecule has 0 heterocycles. The number of sulfone groups is 1. The summed E-state index contributed by atoms with van der Waals surface area (Å²) in [7, 11) is -3.22. The molecule has 1 N–H and O–H groups in total. The normalized spacial score (nSPS) is 22.7. The molecule has 110 valence electrons. The van der Waals surface area contributed by atoms with Gasteiger partial charge in [0.25, 0.3) is 5.91 Å². The van der Waals surface area contributed by atoms with E-state index in [4.69, 9.17) is 0 Å². The molecule has 2 atom stereocenters. The Morgan fingerprint density at radius 2 is 1.95 bits per heavy atom. The maximum Gasteiger partial charge on any atom is 0.251 e. The predicted molar refractivity (Wildman–Crippen MR) is 81.9 cm³/mol. The van der Waals surface area contributed by atoms with Gasteiger partial charge in [0.15, 0.2) is 9.84 Å². The van der Waals surface area contributed by atoms with E-state index in [0.29, 0.717) is 22.9 Å². The summed E-state index contributed by atoms with van der Waals surface area (Å²) in [4.78, 5) is 12.7. The molecule has 0 radical (unpaired) electrons. The number of rotatable bonds is 4. The molecular formula is C14H18BrNO3S. The van der Waals surface area contributed by atoms with Gasteiger partial charge in [0.2, 0.25) is 0 Å². The first kappa shape index (κ1) is 15.5. The second-order valence-corrected chi connectivity index (χ2v) is 8.41. The molecule has 1 amide bonds. The highest BCUT2D eigenvalue weighted by molar-refractivity contribution is 9.09. The van der Waals surface area contributed by atoms with E-state index in [1.165, 1.54) is 18.6 Å². The third kappa shape index (κ3) is 3.82. The van der Waals surface area contributed by atoms with Gasteiger partial charge in [0.1, 0.15) is 0 Å². The minimum absolute atomic E-state index is 0.156. The monoisotopic (exact) mass is 359 g/mol. The first-order valence-electron chi connectivity index (χ1n) is 6.60. The van der Waals surface area contributed by atoms with E-state index < -0.39 is 9.84 Å². The standard InChI is InChI=1S/C14H18BrNO3S/c1-20(18,19)12-7-5-10(6-8-12)14(17)16-9-11-3-2-4-13(11)15/h5-8,11,13H,2-4,9H2,1H3,(H,16,17). The van der Waals surface area contributed by atoms with Crippen LogP contribution in [-0.4, -0.2) is 32.0 Å². The molecular weight excluding hydrogens is 342 g/mol.